The molecule has 1 heterocycles. The Balaban J connectivity index is 1.63. The van der Waals surface area contributed by atoms with Crippen molar-refractivity contribution in [2.75, 3.05) is 0 Å². The van der Waals surface area contributed by atoms with Crippen LogP contribution in [0.4, 0.5) is 0 Å². The van der Waals surface area contributed by atoms with E-state index in [1.54, 1.807) is 0 Å². The third-order valence-electron chi connectivity index (χ3n) is 6.97. The maximum Gasteiger partial charge on any atom is 0.143 e. The highest BCUT2D eigenvalue weighted by molar-refractivity contribution is 6.20. The summed E-state index contributed by atoms with van der Waals surface area (Å²) in [6, 6.07) is 44.2. The topological polar surface area (TPSA) is 22.1 Å². The third kappa shape index (κ3) is 3.71. The van der Waals surface area contributed by atoms with Gasteiger partial charge in [-0.2, -0.15) is 0 Å². The molecule has 0 aliphatic heterocycles. The molecule has 0 N–H and O–H groups in total. The Labute approximate surface area is 215 Å². The molecule has 0 spiro atoms. The van der Waals surface area contributed by atoms with Crippen molar-refractivity contribution in [2.45, 2.75) is 0 Å². The standard InChI is InChI=1S/C35H23NO/c1-3-12-25(13-4-1)31-22-36-23-32-33(27-20-19-24-11-7-8-14-26(24)21-27)29-17-9-10-18-30(29)35(34(31)32)37-28-15-5-2-6-16-28/h1-23H. The molecule has 0 unspecified atom stereocenters. The van der Waals surface area contributed by atoms with Gasteiger partial charge in [-0.1, -0.05) is 109 Å². The molecule has 0 fully saturated rings. The highest BCUT2D eigenvalue weighted by atomic mass is 16.5. The summed E-state index contributed by atoms with van der Waals surface area (Å²) >= 11 is 0. The summed E-state index contributed by atoms with van der Waals surface area (Å²) in [5.74, 6) is 1.66. The van der Waals surface area contributed by atoms with Crippen LogP contribution in [0.15, 0.2) is 140 Å². The summed E-state index contributed by atoms with van der Waals surface area (Å²) in [5.41, 5.74) is 4.50. The number of hydrogen-bond donors (Lipinski definition) is 0. The lowest BCUT2D eigenvalue weighted by Crippen LogP contribution is -1.95. The first-order chi connectivity index (χ1) is 18.4. The lowest BCUT2D eigenvalue weighted by Gasteiger charge is -2.20. The van der Waals surface area contributed by atoms with E-state index in [1.165, 1.54) is 16.3 Å². The summed E-state index contributed by atoms with van der Waals surface area (Å²) in [4.78, 5) is 4.74. The van der Waals surface area contributed by atoms with E-state index >= 15 is 0 Å². The van der Waals surface area contributed by atoms with Crippen molar-refractivity contribution in [1.29, 1.82) is 0 Å². The lowest BCUT2D eigenvalue weighted by molar-refractivity contribution is 0.494. The van der Waals surface area contributed by atoms with Crippen molar-refractivity contribution in [2.24, 2.45) is 0 Å². The summed E-state index contributed by atoms with van der Waals surface area (Å²) < 4.78 is 6.70. The molecule has 0 atom stereocenters. The zero-order valence-electron chi connectivity index (χ0n) is 20.1. The fraction of sp³-hybridized carbons (Fsp3) is 0. The Bertz CT molecular complexity index is 1890. The average Bonchev–Trinajstić information content (AvgIpc) is 2.97. The monoisotopic (exact) mass is 473 g/mol. The second-order valence-electron chi connectivity index (χ2n) is 9.20. The Morgan fingerprint density at radius 2 is 1.16 bits per heavy atom. The number of nitrogens with zero attached hydrogens (tertiary/aromatic N) is 1. The van der Waals surface area contributed by atoms with Crippen LogP contribution in [0.25, 0.3) is 54.6 Å². The van der Waals surface area contributed by atoms with Gasteiger partial charge in [-0.25, -0.2) is 0 Å². The molecule has 2 heteroatoms. The van der Waals surface area contributed by atoms with Crippen LogP contribution < -0.4 is 4.74 Å². The van der Waals surface area contributed by atoms with Gasteiger partial charge < -0.3 is 4.74 Å². The van der Waals surface area contributed by atoms with E-state index in [-0.39, 0.29) is 0 Å². The number of ether oxygens (including phenoxy) is 1. The van der Waals surface area contributed by atoms with E-state index in [2.05, 4.69) is 91.0 Å². The van der Waals surface area contributed by atoms with Gasteiger partial charge in [0.05, 0.1) is 0 Å². The zero-order chi connectivity index (χ0) is 24.6. The second kappa shape index (κ2) is 8.92. The Kier molecular flexibility index (Phi) is 5.15. The van der Waals surface area contributed by atoms with Crippen LogP contribution >= 0.6 is 0 Å². The largest absolute Gasteiger partial charge is 0.456 e. The van der Waals surface area contributed by atoms with E-state index in [1.807, 2.05) is 48.8 Å². The SMILES string of the molecule is c1ccc(Oc2c3ccccc3c(-c3ccc4ccccc4c3)c3cncc(-c4ccccc4)c23)cc1. The van der Waals surface area contributed by atoms with Gasteiger partial charge in [-0.3, -0.25) is 4.98 Å². The van der Waals surface area contributed by atoms with E-state index in [0.717, 1.165) is 49.7 Å². The maximum atomic E-state index is 6.70. The summed E-state index contributed by atoms with van der Waals surface area (Å²) in [7, 11) is 0. The highest BCUT2D eigenvalue weighted by Gasteiger charge is 2.20. The summed E-state index contributed by atoms with van der Waals surface area (Å²) in [6.07, 6.45) is 3.94. The quantitative estimate of drug-likeness (QED) is 0.237. The number of rotatable bonds is 4. The molecule has 0 radical (unpaired) electrons. The van der Waals surface area contributed by atoms with Crippen LogP contribution in [0, 0.1) is 0 Å². The number of para-hydroxylation sites is 1. The molecule has 2 nitrogen and oxygen atoms in total. The summed E-state index contributed by atoms with van der Waals surface area (Å²) in [6.45, 7) is 0. The van der Waals surface area contributed by atoms with Crippen molar-refractivity contribution in [3.8, 4) is 33.8 Å². The molecule has 6 aromatic carbocycles. The molecule has 1 aromatic heterocycles. The first-order valence-corrected chi connectivity index (χ1v) is 12.5. The molecule has 7 aromatic rings. The third-order valence-corrected chi connectivity index (χ3v) is 6.97. The van der Waals surface area contributed by atoms with Crippen LogP contribution in [0.3, 0.4) is 0 Å². The van der Waals surface area contributed by atoms with Crippen LogP contribution in [0.2, 0.25) is 0 Å². The van der Waals surface area contributed by atoms with Gasteiger partial charge in [0.2, 0.25) is 0 Å². The Morgan fingerprint density at radius 1 is 0.486 bits per heavy atom. The Hall–Kier alpha value is -4.95. The number of pyridine rings is 1. The summed E-state index contributed by atoms with van der Waals surface area (Å²) in [5, 5.41) is 6.79. The molecule has 0 amide bonds. The Morgan fingerprint density at radius 3 is 1.97 bits per heavy atom. The van der Waals surface area contributed by atoms with E-state index < -0.39 is 0 Å². The molecule has 0 saturated heterocycles. The van der Waals surface area contributed by atoms with E-state index in [4.69, 9.17) is 9.72 Å². The predicted molar refractivity (Wildman–Crippen MR) is 154 cm³/mol. The molecular weight excluding hydrogens is 450 g/mol. The van der Waals surface area contributed by atoms with Gasteiger partial charge in [-0.05, 0) is 51.0 Å². The highest BCUT2D eigenvalue weighted by Crippen LogP contribution is 2.47. The van der Waals surface area contributed by atoms with Crippen LogP contribution in [-0.4, -0.2) is 4.98 Å². The lowest BCUT2D eigenvalue weighted by atomic mass is 9.88. The van der Waals surface area contributed by atoms with Gasteiger partial charge in [0.25, 0.3) is 0 Å². The van der Waals surface area contributed by atoms with E-state index in [9.17, 15) is 0 Å². The van der Waals surface area contributed by atoms with Gasteiger partial charge in [0, 0.05) is 34.1 Å². The zero-order valence-corrected chi connectivity index (χ0v) is 20.1. The molecule has 174 valence electrons. The molecule has 37 heavy (non-hydrogen) atoms. The fourth-order valence-corrected chi connectivity index (χ4v) is 5.28. The van der Waals surface area contributed by atoms with Gasteiger partial charge >= 0.3 is 0 Å². The number of hydrogen-bond acceptors (Lipinski definition) is 2. The van der Waals surface area contributed by atoms with Crippen LogP contribution in [0.5, 0.6) is 11.5 Å². The smallest absolute Gasteiger partial charge is 0.143 e. The van der Waals surface area contributed by atoms with Gasteiger partial charge in [0.1, 0.15) is 11.5 Å². The molecular formula is C35H23NO. The van der Waals surface area contributed by atoms with Gasteiger partial charge in [-0.15, -0.1) is 0 Å². The average molecular weight is 474 g/mol. The second-order valence-corrected chi connectivity index (χ2v) is 9.20. The maximum absolute atomic E-state index is 6.70. The first kappa shape index (κ1) is 21.3. The van der Waals surface area contributed by atoms with Crippen molar-refractivity contribution in [1.82, 2.24) is 4.98 Å². The fourth-order valence-electron chi connectivity index (χ4n) is 5.28. The molecule has 0 saturated carbocycles. The minimum Gasteiger partial charge on any atom is -0.456 e. The first-order valence-electron chi connectivity index (χ1n) is 12.5. The van der Waals surface area contributed by atoms with Crippen LogP contribution in [-0.2, 0) is 0 Å². The normalized spacial score (nSPS) is 11.2. The minimum absolute atomic E-state index is 0.809. The van der Waals surface area contributed by atoms with E-state index in [0.29, 0.717) is 0 Å². The van der Waals surface area contributed by atoms with Crippen molar-refractivity contribution in [3.63, 3.8) is 0 Å². The number of benzene rings is 6. The van der Waals surface area contributed by atoms with Crippen molar-refractivity contribution < 1.29 is 4.74 Å². The number of fused-ring (bicyclic) bond motifs is 3. The van der Waals surface area contributed by atoms with Crippen molar-refractivity contribution in [3.05, 3.63) is 140 Å². The molecule has 0 aliphatic carbocycles. The molecule has 0 bridgehead atoms. The minimum atomic E-state index is 0.809. The molecule has 7 rings (SSSR count). The predicted octanol–water partition coefficient (Wildman–Crippen LogP) is 9.67. The van der Waals surface area contributed by atoms with Gasteiger partial charge in [0.15, 0.2) is 0 Å². The van der Waals surface area contributed by atoms with Crippen LogP contribution in [0.1, 0.15) is 0 Å². The van der Waals surface area contributed by atoms with Crippen molar-refractivity contribution >= 4 is 32.3 Å². The number of aromatic nitrogens is 1. The molecule has 0 aliphatic rings.